The monoisotopic (exact) mass is 216 g/mol. The van der Waals surface area contributed by atoms with Gasteiger partial charge in [0.1, 0.15) is 5.75 Å². The first kappa shape index (κ1) is 10.5. The molecule has 0 fully saturated rings. The fourth-order valence-electron chi connectivity index (χ4n) is 1.78. The van der Waals surface area contributed by atoms with Gasteiger partial charge < -0.3 is 9.72 Å². The van der Waals surface area contributed by atoms with Crippen molar-refractivity contribution in [2.45, 2.75) is 13.5 Å². The molecule has 4 nitrogen and oxygen atoms in total. The number of aromatic amines is 1. The van der Waals surface area contributed by atoms with E-state index in [2.05, 4.69) is 9.98 Å². The smallest absolute Gasteiger partial charge is 0.235 e. The topological polar surface area (TPSA) is 54.4 Å². The summed E-state index contributed by atoms with van der Waals surface area (Å²) in [7, 11) is 1.61. The van der Waals surface area contributed by atoms with Crippen LogP contribution in [0.1, 0.15) is 11.3 Å². The van der Waals surface area contributed by atoms with Crippen LogP contribution in [-0.4, -0.2) is 18.2 Å². The molecule has 0 atom stereocenters. The van der Waals surface area contributed by atoms with Gasteiger partial charge in [-0.2, -0.15) is 0 Å². The van der Waals surface area contributed by atoms with E-state index in [1.165, 1.54) is 6.08 Å². The van der Waals surface area contributed by atoms with Gasteiger partial charge in [-0.25, -0.2) is 9.79 Å². The third-order valence-corrected chi connectivity index (χ3v) is 2.47. The number of hydrogen-bond donors (Lipinski definition) is 1. The number of aromatic nitrogens is 1. The van der Waals surface area contributed by atoms with E-state index in [1.807, 2.05) is 25.1 Å². The lowest BCUT2D eigenvalue weighted by atomic mass is 10.1. The average molecular weight is 216 g/mol. The fourth-order valence-corrected chi connectivity index (χ4v) is 1.78. The van der Waals surface area contributed by atoms with Crippen LogP contribution in [0.25, 0.3) is 10.9 Å². The Morgan fingerprint density at radius 3 is 2.94 bits per heavy atom. The lowest BCUT2D eigenvalue weighted by molar-refractivity contribution is 0.410. The normalized spacial score (nSPS) is 10.1. The Labute approximate surface area is 93.0 Å². The molecule has 0 spiro atoms. The highest BCUT2D eigenvalue weighted by Gasteiger charge is 2.06. The minimum Gasteiger partial charge on any atom is -0.496 e. The van der Waals surface area contributed by atoms with Gasteiger partial charge in [-0.05, 0) is 25.1 Å². The molecule has 0 unspecified atom stereocenters. The van der Waals surface area contributed by atoms with E-state index in [1.54, 1.807) is 7.11 Å². The molecular weight excluding hydrogens is 204 g/mol. The van der Waals surface area contributed by atoms with Gasteiger partial charge in [-0.3, -0.25) is 0 Å². The molecule has 2 aromatic rings. The predicted octanol–water partition coefficient (Wildman–Crippen LogP) is 2.32. The van der Waals surface area contributed by atoms with Crippen molar-refractivity contribution in [3.63, 3.8) is 0 Å². The predicted molar refractivity (Wildman–Crippen MR) is 61.4 cm³/mol. The molecular formula is C12H12N2O2. The van der Waals surface area contributed by atoms with E-state index in [-0.39, 0.29) is 0 Å². The Kier molecular flexibility index (Phi) is 2.75. The standard InChI is InChI=1S/C12H12N2O2/c1-8-3-9-5-12(16-2)10(6-13-7-15)4-11(9)14-8/h3-5,14H,6H2,1-2H3. The summed E-state index contributed by atoms with van der Waals surface area (Å²) < 4.78 is 5.26. The van der Waals surface area contributed by atoms with Crippen LogP contribution in [0.15, 0.2) is 23.2 Å². The van der Waals surface area contributed by atoms with Crippen molar-refractivity contribution >= 4 is 17.0 Å². The summed E-state index contributed by atoms with van der Waals surface area (Å²) in [5, 5.41) is 1.09. The van der Waals surface area contributed by atoms with E-state index in [4.69, 9.17) is 4.74 Å². The van der Waals surface area contributed by atoms with E-state index in [9.17, 15) is 4.79 Å². The van der Waals surface area contributed by atoms with Gasteiger partial charge in [0, 0.05) is 22.2 Å². The molecule has 0 saturated carbocycles. The Hall–Kier alpha value is -2.06. The third kappa shape index (κ3) is 1.83. The van der Waals surface area contributed by atoms with E-state index in [0.717, 1.165) is 27.9 Å². The molecule has 1 aromatic heterocycles. The molecule has 0 saturated heterocycles. The molecule has 0 amide bonds. The summed E-state index contributed by atoms with van der Waals surface area (Å²) in [4.78, 5) is 16.9. The molecule has 0 aliphatic rings. The van der Waals surface area contributed by atoms with Crippen molar-refractivity contribution in [1.82, 2.24) is 4.98 Å². The van der Waals surface area contributed by atoms with Crippen molar-refractivity contribution < 1.29 is 9.53 Å². The number of fused-ring (bicyclic) bond motifs is 1. The molecule has 2 rings (SSSR count). The van der Waals surface area contributed by atoms with Crippen LogP contribution in [-0.2, 0) is 11.3 Å². The summed E-state index contributed by atoms with van der Waals surface area (Å²) >= 11 is 0. The first-order valence-corrected chi connectivity index (χ1v) is 4.94. The number of H-pyrrole nitrogens is 1. The zero-order valence-electron chi connectivity index (χ0n) is 9.20. The number of methoxy groups -OCH3 is 1. The summed E-state index contributed by atoms with van der Waals surface area (Å²) in [5.41, 5.74) is 2.99. The van der Waals surface area contributed by atoms with Crippen LogP contribution < -0.4 is 4.74 Å². The lowest BCUT2D eigenvalue weighted by Gasteiger charge is -2.05. The zero-order valence-corrected chi connectivity index (χ0v) is 9.20. The van der Waals surface area contributed by atoms with E-state index < -0.39 is 0 Å². The maximum atomic E-state index is 10.1. The van der Waals surface area contributed by atoms with Crippen molar-refractivity contribution in [2.24, 2.45) is 4.99 Å². The second-order valence-electron chi connectivity index (χ2n) is 3.61. The van der Waals surface area contributed by atoms with Gasteiger partial charge in [0.05, 0.1) is 13.7 Å². The van der Waals surface area contributed by atoms with Crippen LogP contribution in [0.3, 0.4) is 0 Å². The number of benzene rings is 1. The highest BCUT2D eigenvalue weighted by atomic mass is 16.5. The van der Waals surface area contributed by atoms with Crippen molar-refractivity contribution in [2.75, 3.05) is 7.11 Å². The summed E-state index contributed by atoms with van der Waals surface area (Å²) in [6.07, 6.45) is 1.53. The van der Waals surface area contributed by atoms with Crippen LogP contribution >= 0.6 is 0 Å². The van der Waals surface area contributed by atoms with Crippen molar-refractivity contribution in [1.29, 1.82) is 0 Å². The minimum atomic E-state index is 0.292. The molecule has 82 valence electrons. The number of nitrogens with zero attached hydrogens (tertiary/aromatic N) is 1. The quantitative estimate of drug-likeness (QED) is 0.632. The maximum Gasteiger partial charge on any atom is 0.235 e. The largest absolute Gasteiger partial charge is 0.496 e. The number of aliphatic imine (C=N–C) groups is 1. The second kappa shape index (κ2) is 4.21. The number of nitrogens with one attached hydrogen (secondary N) is 1. The van der Waals surface area contributed by atoms with Crippen molar-refractivity contribution in [3.8, 4) is 5.75 Å². The lowest BCUT2D eigenvalue weighted by Crippen LogP contribution is -1.90. The molecule has 1 aromatic carbocycles. The second-order valence-corrected chi connectivity index (χ2v) is 3.61. The number of aryl methyl sites for hydroxylation is 1. The number of hydrogen-bond acceptors (Lipinski definition) is 3. The molecule has 0 radical (unpaired) electrons. The van der Waals surface area contributed by atoms with Gasteiger partial charge in [-0.15, -0.1) is 0 Å². The van der Waals surface area contributed by atoms with E-state index >= 15 is 0 Å². The Balaban J connectivity index is 2.56. The SMILES string of the molecule is COc1cc2cc(C)[nH]c2cc1CN=C=O. The number of rotatable bonds is 3. The Bertz CT molecular complexity index is 566. The van der Waals surface area contributed by atoms with Crippen LogP contribution in [0.4, 0.5) is 0 Å². The maximum absolute atomic E-state index is 10.1. The Morgan fingerprint density at radius 2 is 2.25 bits per heavy atom. The van der Waals surface area contributed by atoms with Gasteiger partial charge >= 0.3 is 0 Å². The average Bonchev–Trinajstić information content (AvgIpc) is 2.63. The Morgan fingerprint density at radius 1 is 1.44 bits per heavy atom. The first-order chi connectivity index (χ1) is 7.74. The van der Waals surface area contributed by atoms with Crippen LogP contribution in [0.2, 0.25) is 0 Å². The molecule has 1 N–H and O–H groups in total. The van der Waals surface area contributed by atoms with Crippen molar-refractivity contribution in [3.05, 3.63) is 29.5 Å². The highest BCUT2D eigenvalue weighted by Crippen LogP contribution is 2.26. The summed E-state index contributed by atoms with van der Waals surface area (Å²) in [6, 6.07) is 5.93. The fraction of sp³-hybridized carbons (Fsp3) is 0.250. The van der Waals surface area contributed by atoms with Crippen LogP contribution in [0, 0.1) is 6.92 Å². The van der Waals surface area contributed by atoms with E-state index in [0.29, 0.717) is 6.54 Å². The molecule has 0 aliphatic carbocycles. The molecule has 4 heteroatoms. The number of ether oxygens (including phenoxy) is 1. The highest BCUT2D eigenvalue weighted by molar-refractivity contribution is 5.83. The van der Waals surface area contributed by atoms with Gasteiger partial charge in [0.25, 0.3) is 0 Å². The molecule has 1 heterocycles. The number of carbonyl (C=O) groups excluding carboxylic acids is 1. The third-order valence-electron chi connectivity index (χ3n) is 2.47. The summed E-state index contributed by atoms with van der Waals surface area (Å²) in [6.45, 7) is 2.29. The summed E-state index contributed by atoms with van der Waals surface area (Å²) in [5.74, 6) is 0.741. The van der Waals surface area contributed by atoms with Gasteiger partial charge in [0.2, 0.25) is 6.08 Å². The first-order valence-electron chi connectivity index (χ1n) is 4.94. The minimum absolute atomic E-state index is 0.292. The van der Waals surface area contributed by atoms with Gasteiger partial charge in [-0.1, -0.05) is 0 Å². The van der Waals surface area contributed by atoms with Crippen LogP contribution in [0.5, 0.6) is 5.75 Å². The number of isocyanates is 1. The molecule has 0 aliphatic heterocycles. The molecule has 0 bridgehead atoms. The molecule has 16 heavy (non-hydrogen) atoms. The van der Waals surface area contributed by atoms with Gasteiger partial charge in [0.15, 0.2) is 0 Å². The zero-order chi connectivity index (χ0) is 11.5.